The second-order valence-corrected chi connectivity index (χ2v) is 20.7. The molecule has 43 heavy (non-hydrogen) atoms. The topological polar surface area (TPSA) is 42.4 Å². The number of pyridine rings is 1. The number of fused-ring (bicyclic) bond motifs is 1. The molecule has 2 atom stereocenters. The van der Waals surface area contributed by atoms with E-state index in [9.17, 15) is 18.3 Å². The van der Waals surface area contributed by atoms with Crippen molar-refractivity contribution >= 4 is 8.32 Å². The fraction of sp³-hybridized carbons (Fsp3) is 0.694. The van der Waals surface area contributed by atoms with Crippen LogP contribution in [-0.2, 0) is 17.0 Å². The molecule has 0 radical (unpaired) electrons. The fourth-order valence-corrected chi connectivity index (χ4v) is 8.88. The average molecular weight is 616 g/mol. The van der Waals surface area contributed by atoms with Gasteiger partial charge in [-0.2, -0.15) is 13.2 Å². The van der Waals surface area contributed by atoms with Crippen molar-refractivity contribution in [3.8, 4) is 0 Å². The molecule has 2 aromatic rings. The molecule has 2 fully saturated rings. The number of nitrogens with zero attached hydrogens (tertiary/aromatic N) is 1. The summed E-state index contributed by atoms with van der Waals surface area (Å²) in [5.74, 6) is 0.549. The zero-order valence-corrected chi connectivity index (χ0v) is 28.3. The third-order valence-corrected chi connectivity index (χ3v) is 15.4. The standard InChI is InChI=1S/C36H52F3NO2Si/c1-34(2,3)43(6,7)42-28-22-35(4,5)21-27-30(28)29(23-13-9-8-10-14-23)31(32(40-27)24-15-11-12-16-24)33(41)25-17-19-26(20-18-25)36(37,38)39/h17-20,23-24,28,33,41H,8-16,21-22H2,1-7H3/t28-,33-/m0/s1. The van der Waals surface area contributed by atoms with E-state index in [1.807, 2.05) is 0 Å². The van der Waals surface area contributed by atoms with Crippen LogP contribution in [0.4, 0.5) is 13.2 Å². The van der Waals surface area contributed by atoms with Crippen LogP contribution in [-0.4, -0.2) is 18.4 Å². The molecule has 3 aliphatic carbocycles. The van der Waals surface area contributed by atoms with Gasteiger partial charge in [0, 0.05) is 22.7 Å². The number of benzene rings is 1. The van der Waals surface area contributed by atoms with E-state index < -0.39 is 26.2 Å². The van der Waals surface area contributed by atoms with Gasteiger partial charge in [-0.15, -0.1) is 0 Å². The number of halogens is 3. The van der Waals surface area contributed by atoms with Crippen LogP contribution in [0.2, 0.25) is 18.1 Å². The van der Waals surface area contributed by atoms with Crippen LogP contribution in [0, 0.1) is 5.41 Å². The van der Waals surface area contributed by atoms with Gasteiger partial charge in [0.25, 0.3) is 0 Å². The molecule has 0 aliphatic heterocycles. The van der Waals surface area contributed by atoms with Gasteiger partial charge in [0.2, 0.25) is 0 Å². The van der Waals surface area contributed by atoms with Crippen LogP contribution >= 0.6 is 0 Å². The number of hydrogen-bond donors (Lipinski definition) is 1. The predicted molar refractivity (Wildman–Crippen MR) is 170 cm³/mol. The lowest BCUT2D eigenvalue weighted by atomic mass is 9.69. The van der Waals surface area contributed by atoms with E-state index in [2.05, 4.69) is 47.7 Å². The molecule has 0 bridgehead atoms. The van der Waals surface area contributed by atoms with Crippen LogP contribution in [0.25, 0.3) is 0 Å². The number of hydrogen-bond acceptors (Lipinski definition) is 3. The maximum Gasteiger partial charge on any atom is 0.416 e. The Morgan fingerprint density at radius 1 is 0.884 bits per heavy atom. The number of alkyl halides is 3. The molecule has 0 spiro atoms. The zero-order valence-electron chi connectivity index (χ0n) is 27.3. The molecule has 3 aliphatic rings. The summed E-state index contributed by atoms with van der Waals surface area (Å²) in [6, 6.07) is 5.13. The second-order valence-electron chi connectivity index (χ2n) is 15.9. The van der Waals surface area contributed by atoms with Crippen LogP contribution in [0.3, 0.4) is 0 Å². The molecule has 1 heterocycles. The highest BCUT2D eigenvalue weighted by molar-refractivity contribution is 6.74. The van der Waals surface area contributed by atoms with E-state index >= 15 is 0 Å². The molecule has 1 aromatic carbocycles. The van der Waals surface area contributed by atoms with E-state index in [1.54, 1.807) is 0 Å². The van der Waals surface area contributed by atoms with Gasteiger partial charge in [-0.3, -0.25) is 4.98 Å². The minimum absolute atomic E-state index is 0.0252. The summed E-state index contributed by atoms with van der Waals surface area (Å²) in [5, 5.41) is 12.3. The van der Waals surface area contributed by atoms with E-state index in [1.165, 1.54) is 29.7 Å². The lowest BCUT2D eigenvalue weighted by Gasteiger charge is -2.46. The Labute approximate surface area is 258 Å². The summed E-state index contributed by atoms with van der Waals surface area (Å²) in [6.07, 6.45) is 6.19. The molecule has 7 heteroatoms. The van der Waals surface area contributed by atoms with Crippen molar-refractivity contribution in [1.29, 1.82) is 0 Å². The van der Waals surface area contributed by atoms with Crippen LogP contribution < -0.4 is 0 Å². The van der Waals surface area contributed by atoms with Gasteiger partial charge in [-0.05, 0) is 91.2 Å². The number of aliphatic hydroxyl groups excluding tert-OH is 1. The molecule has 2 saturated carbocycles. The molecule has 238 valence electrons. The third kappa shape index (κ3) is 6.79. The molecule has 1 aromatic heterocycles. The normalized spacial score (nSPS) is 22.9. The minimum Gasteiger partial charge on any atom is -0.410 e. The summed E-state index contributed by atoms with van der Waals surface area (Å²) >= 11 is 0. The minimum atomic E-state index is -4.42. The van der Waals surface area contributed by atoms with Gasteiger partial charge in [-0.25, -0.2) is 0 Å². The summed E-state index contributed by atoms with van der Waals surface area (Å²) in [4.78, 5) is 5.49. The first-order valence-electron chi connectivity index (χ1n) is 16.6. The molecule has 0 saturated heterocycles. The first kappa shape index (κ1) is 32.7. The predicted octanol–water partition coefficient (Wildman–Crippen LogP) is 10.9. The Bertz CT molecular complexity index is 1280. The van der Waals surface area contributed by atoms with Crippen molar-refractivity contribution in [3.63, 3.8) is 0 Å². The molecule has 5 rings (SSSR count). The van der Waals surface area contributed by atoms with E-state index in [0.717, 1.165) is 93.3 Å². The van der Waals surface area contributed by atoms with Gasteiger partial charge in [0.1, 0.15) is 6.10 Å². The van der Waals surface area contributed by atoms with Crippen molar-refractivity contribution < 1.29 is 22.7 Å². The molecule has 0 unspecified atom stereocenters. The maximum absolute atomic E-state index is 13.4. The van der Waals surface area contributed by atoms with Crippen LogP contribution in [0.15, 0.2) is 24.3 Å². The SMILES string of the molecule is CC1(C)Cc2nc(C3CCCC3)c([C@@H](O)c3ccc(C(F)(F)F)cc3)c(C3CCCCC3)c2[C@@H](O[Si](C)(C)C(C)(C)C)C1. The molecule has 3 nitrogen and oxygen atoms in total. The quantitative estimate of drug-likeness (QED) is 0.329. The van der Waals surface area contributed by atoms with E-state index in [0.29, 0.717) is 5.56 Å². The highest BCUT2D eigenvalue weighted by Gasteiger charge is 2.46. The highest BCUT2D eigenvalue weighted by atomic mass is 28.4. The van der Waals surface area contributed by atoms with Crippen LogP contribution in [0.1, 0.15) is 162 Å². The van der Waals surface area contributed by atoms with E-state index in [4.69, 9.17) is 9.41 Å². The zero-order chi connectivity index (χ0) is 31.4. The van der Waals surface area contributed by atoms with Gasteiger partial charge < -0.3 is 9.53 Å². The number of aliphatic hydroxyl groups is 1. The largest absolute Gasteiger partial charge is 0.416 e. The summed E-state index contributed by atoms with van der Waals surface area (Å²) in [6.45, 7) is 16.1. The summed E-state index contributed by atoms with van der Waals surface area (Å²) in [7, 11) is -2.16. The number of rotatable bonds is 6. The Kier molecular flexibility index (Phi) is 9.05. The van der Waals surface area contributed by atoms with Crippen molar-refractivity contribution in [2.24, 2.45) is 5.41 Å². The number of aromatic nitrogens is 1. The highest BCUT2D eigenvalue weighted by Crippen LogP contribution is 2.53. The van der Waals surface area contributed by atoms with Crippen molar-refractivity contribution in [2.45, 2.75) is 154 Å². The molecule has 1 N–H and O–H groups in total. The monoisotopic (exact) mass is 615 g/mol. The van der Waals surface area contributed by atoms with Crippen molar-refractivity contribution in [1.82, 2.24) is 4.98 Å². The van der Waals surface area contributed by atoms with Crippen molar-refractivity contribution in [3.05, 3.63) is 63.5 Å². The van der Waals surface area contributed by atoms with Gasteiger partial charge >= 0.3 is 6.18 Å². The fourth-order valence-electron chi connectivity index (χ4n) is 7.61. The third-order valence-electron chi connectivity index (χ3n) is 11.0. The molecular weight excluding hydrogens is 563 g/mol. The maximum atomic E-state index is 13.4. The molecule has 0 amide bonds. The summed E-state index contributed by atoms with van der Waals surface area (Å²) < 4.78 is 47.6. The van der Waals surface area contributed by atoms with Crippen LogP contribution in [0.5, 0.6) is 0 Å². The second kappa shape index (κ2) is 11.9. The lowest BCUT2D eigenvalue weighted by molar-refractivity contribution is -0.137. The van der Waals surface area contributed by atoms with Gasteiger partial charge in [0.15, 0.2) is 8.32 Å². The van der Waals surface area contributed by atoms with Gasteiger partial charge in [0.05, 0.1) is 17.4 Å². The Hall–Kier alpha value is -1.70. The lowest BCUT2D eigenvalue weighted by Crippen LogP contribution is -2.44. The molecular formula is C36H52F3NO2Si. The average Bonchev–Trinajstić information content (AvgIpc) is 3.45. The summed E-state index contributed by atoms with van der Waals surface area (Å²) in [5.41, 5.74) is 5.25. The van der Waals surface area contributed by atoms with Gasteiger partial charge in [-0.1, -0.05) is 78.9 Å². The smallest absolute Gasteiger partial charge is 0.410 e. The van der Waals surface area contributed by atoms with E-state index in [-0.39, 0.29) is 28.4 Å². The Morgan fingerprint density at radius 3 is 2.00 bits per heavy atom. The first-order chi connectivity index (χ1) is 20.0. The Morgan fingerprint density at radius 2 is 1.44 bits per heavy atom. The Balaban J connectivity index is 1.75. The first-order valence-corrected chi connectivity index (χ1v) is 19.5. The van der Waals surface area contributed by atoms with Crippen molar-refractivity contribution in [2.75, 3.05) is 0 Å².